The summed E-state index contributed by atoms with van der Waals surface area (Å²) in [6.07, 6.45) is -14.6. The first kappa shape index (κ1) is 29.2. The van der Waals surface area contributed by atoms with E-state index in [4.69, 9.17) is 23.7 Å². The van der Waals surface area contributed by atoms with Gasteiger partial charge in [-0.05, 0) is 17.9 Å². The maximum atomic E-state index is 13.9. The summed E-state index contributed by atoms with van der Waals surface area (Å²) >= 11 is 0. The van der Waals surface area contributed by atoms with E-state index in [1.54, 1.807) is 20.8 Å². The van der Waals surface area contributed by atoms with E-state index < -0.39 is 106 Å². The first-order valence-electron chi connectivity index (χ1n) is 14.5. The monoisotopic (exact) mass is 638 g/mol. The lowest BCUT2D eigenvalue weighted by atomic mass is 9.51. The molecule has 2 spiro atoms. The molecule has 0 bridgehead atoms. The highest BCUT2D eigenvalue weighted by molar-refractivity contribution is 5.94. The smallest absolute Gasteiger partial charge is 0.442 e. The minimum Gasteiger partial charge on any atom is -0.456 e. The van der Waals surface area contributed by atoms with Gasteiger partial charge in [-0.25, -0.2) is 9.59 Å². The van der Waals surface area contributed by atoms with Crippen LogP contribution in [0.2, 0.25) is 0 Å². The van der Waals surface area contributed by atoms with Crippen molar-refractivity contribution in [1.29, 1.82) is 0 Å². The summed E-state index contributed by atoms with van der Waals surface area (Å²) in [4.78, 5) is 40.3. The molecule has 1 aromatic rings. The predicted octanol–water partition coefficient (Wildman–Crippen LogP) is 1.01. The molecule has 5 heterocycles. The molecule has 242 valence electrons. The standard InChI is InChI=1S/C29H29F3N2O11/c1-10-19(37)42-17-15(36)25-16-13(35)14(23(2,3)4)24(25)18(20(38)44-22(24)45-27(25,21(39)43-16)26(10,17)40)41-9-11-5-7-12(8-6-11)28(33-34-28)29(30,31)32/h5-8,10,13-18,22,35-36,40H,9H2,1-4H3/t10-,13-,14+,15+,16?,17+,18+,22?,24?,25-,26-,27?/m1/s1. The highest BCUT2D eigenvalue weighted by atomic mass is 19.4. The highest BCUT2D eigenvalue weighted by Gasteiger charge is 3.05. The number of alkyl halides is 3. The van der Waals surface area contributed by atoms with Crippen LogP contribution in [0.5, 0.6) is 0 Å². The largest absolute Gasteiger partial charge is 0.456 e. The van der Waals surface area contributed by atoms with Crippen LogP contribution in [0.25, 0.3) is 0 Å². The van der Waals surface area contributed by atoms with Crippen LogP contribution in [-0.2, 0) is 50.3 Å². The summed E-state index contributed by atoms with van der Waals surface area (Å²) in [7, 11) is 0. The summed E-state index contributed by atoms with van der Waals surface area (Å²) in [5.41, 5.74) is -12.3. The van der Waals surface area contributed by atoms with Crippen molar-refractivity contribution < 1.29 is 66.6 Å². The molecule has 3 N–H and O–H groups in total. The summed E-state index contributed by atoms with van der Waals surface area (Å²) < 4.78 is 69.8. The second-order valence-corrected chi connectivity index (χ2v) is 14.1. The molecular weight excluding hydrogens is 609 g/mol. The summed E-state index contributed by atoms with van der Waals surface area (Å²) in [6.45, 7) is 6.24. The number of rotatable bonds is 4. The average Bonchev–Trinajstić information content (AvgIpc) is 3.40. The van der Waals surface area contributed by atoms with E-state index in [1.807, 2.05) is 0 Å². The quantitative estimate of drug-likeness (QED) is 0.316. The zero-order valence-corrected chi connectivity index (χ0v) is 24.3. The van der Waals surface area contributed by atoms with Gasteiger partial charge in [0.25, 0.3) is 0 Å². The molecule has 12 atom stereocenters. The second kappa shape index (κ2) is 8.02. The number of aliphatic hydroxyl groups excluding tert-OH is 2. The summed E-state index contributed by atoms with van der Waals surface area (Å²) in [5, 5.41) is 42.7. The van der Waals surface area contributed by atoms with E-state index in [0.717, 1.165) is 0 Å². The SMILES string of the molecule is C[C@@H]1C(=O)O[C@H]2[C@H](O)[C@]34C5OC(=O)C3(OC3OC(=O)[C@H](OCc6ccc(C7(C(F)(F)F)N=N7)cc6)C34[C@H](C(C)(C)C)[C@H]5O)[C@@]12O. The molecule has 0 amide bonds. The van der Waals surface area contributed by atoms with Crippen molar-refractivity contribution >= 4 is 17.9 Å². The van der Waals surface area contributed by atoms with Crippen molar-refractivity contribution in [2.24, 2.45) is 38.3 Å². The fourth-order valence-electron chi connectivity index (χ4n) is 9.90. The lowest BCUT2D eigenvalue weighted by molar-refractivity contribution is -0.240. The predicted molar refractivity (Wildman–Crippen MR) is 135 cm³/mol. The number of nitrogens with zero attached hydrogens (tertiary/aromatic N) is 2. The Morgan fingerprint density at radius 3 is 2.18 bits per heavy atom. The van der Waals surface area contributed by atoms with Crippen LogP contribution in [-0.4, -0.2) is 87.4 Å². The number of benzene rings is 1. The van der Waals surface area contributed by atoms with E-state index in [9.17, 15) is 42.9 Å². The molecule has 0 radical (unpaired) electrons. The van der Waals surface area contributed by atoms with Crippen LogP contribution in [0.3, 0.4) is 0 Å². The summed E-state index contributed by atoms with van der Waals surface area (Å²) in [6, 6.07) is 5.08. The van der Waals surface area contributed by atoms with Crippen LogP contribution < -0.4 is 0 Å². The molecule has 0 aromatic heterocycles. The molecule has 2 saturated carbocycles. The van der Waals surface area contributed by atoms with Crippen LogP contribution in [0.1, 0.15) is 38.8 Å². The number of carbonyl (C=O) groups excluding carboxylic acids is 3. The van der Waals surface area contributed by atoms with Crippen LogP contribution in [0, 0.1) is 28.1 Å². The second-order valence-electron chi connectivity index (χ2n) is 14.1. The third kappa shape index (κ3) is 2.74. The third-order valence-corrected chi connectivity index (χ3v) is 11.4. The van der Waals surface area contributed by atoms with Gasteiger partial charge in [-0.1, -0.05) is 45.0 Å². The first-order chi connectivity index (χ1) is 20.9. The van der Waals surface area contributed by atoms with Gasteiger partial charge in [0.2, 0.25) is 11.9 Å². The molecule has 7 aliphatic rings. The minimum absolute atomic E-state index is 0.209. The van der Waals surface area contributed by atoms with Crippen molar-refractivity contribution in [2.75, 3.05) is 0 Å². The van der Waals surface area contributed by atoms with Gasteiger partial charge in [0.1, 0.15) is 12.2 Å². The Morgan fingerprint density at radius 1 is 0.956 bits per heavy atom. The molecule has 6 fully saturated rings. The number of halogens is 3. The summed E-state index contributed by atoms with van der Waals surface area (Å²) in [5.74, 6) is -5.41. The Hall–Kier alpha value is -3.18. The van der Waals surface area contributed by atoms with E-state index in [-0.39, 0.29) is 12.2 Å². The van der Waals surface area contributed by atoms with Gasteiger partial charge < -0.3 is 39.0 Å². The molecule has 5 aliphatic heterocycles. The van der Waals surface area contributed by atoms with Crippen molar-refractivity contribution in [3.8, 4) is 0 Å². The average molecular weight is 639 g/mol. The zero-order valence-electron chi connectivity index (χ0n) is 24.3. The normalized spacial score (nSPS) is 48.1. The first-order valence-corrected chi connectivity index (χ1v) is 14.5. The van der Waals surface area contributed by atoms with E-state index in [2.05, 4.69) is 10.2 Å². The molecular formula is C29H29F3N2O11. The third-order valence-electron chi connectivity index (χ3n) is 11.4. The number of hydrogen-bond acceptors (Lipinski definition) is 13. The van der Waals surface area contributed by atoms with Crippen LogP contribution >= 0.6 is 0 Å². The Balaban J connectivity index is 1.25. The fourth-order valence-corrected chi connectivity index (χ4v) is 9.90. The zero-order chi connectivity index (χ0) is 32.5. The van der Waals surface area contributed by atoms with E-state index in [0.29, 0.717) is 5.56 Å². The molecule has 4 unspecified atom stereocenters. The number of carbonyl (C=O) groups is 3. The Bertz CT molecular complexity index is 1590. The molecule has 1 aromatic carbocycles. The van der Waals surface area contributed by atoms with Crippen LogP contribution in [0.15, 0.2) is 34.5 Å². The number of aliphatic hydroxyl groups is 3. The Kier molecular flexibility index (Phi) is 5.21. The van der Waals surface area contributed by atoms with Gasteiger partial charge in [-0.3, -0.25) is 4.79 Å². The fraction of sp³-hybridized carbons (Fsp3) is 0.690. The van der Waals surface area contributed by atoms with Crippen LogP contribution in [0.4, 0.5) is 13.2 Å². The van der Waals surface area contributed by atoms with Gasteiger partial charge in [0.05, 0.1) is 29.5 Å². The molecule has 45 heavy (non-hydrogen) atoms. The molecule has 16 heteroatoms. The lowest BCUT2D eigenvalue weighted by Crippen LogP contribution is -2.67. The molecule has 4 saturated heterocycles. The topological polar surface area (TPSA) is 183 Å². The molecule has 13 nitrogen and oxygen atoms in total. The van der Waals surface area contributed by atoms with E-state index >= 15 is 0 Å². The minimum atomic E-state index is -4.72. The van der Waals surface area contributed by atoms with Gasteiger partial charge in [-0.15, -0.1) is 10.2 Å². The van der Waals surface area contributed by atoms with Gasteiger partial charge >= 0.3 is 29.7 Å². The maximum absolute atomic E-state index is 13.9. The number of esters is 3. The number of hydrogen-bond donors (Lipinski definition) is 3. The van der Waals surface area contributed by atoms with Gasteiger partial charge in [-0.2, -0.15) is 13.2 Å². The Labute approximate surface area is 252 Å². The molecule has 8 rings (SSSR count). The van der Waals surface area contributed by atoms with Gasteiger partial charge in [0, 0.05) is 11.5 Å². The number of ether oxygens (including phenoxy) is 5. The van der Waals surface area contributed by atoms with E-state index in [1.165, 1.54) is 31.2 Å². The van der Waals surface area contributed by atoms with Crippen molar-refractivity contribution in [3.05, 3.63) is 35.4 Å². The Morgan fingerprint density at radius 2 is 1.60 bits per heavy atom. The highest BCUT2D eigenvalue weighted by Crippen LogP contribution is 2.84. The van der Waals surface area contributed by atoms with Gasteiger partial charge in [0.15, 0.2) is 17.8 Å². The van der Waals surface area contributed by atoms with Crippen molar-refractivity contribution in [3.63, 3.8) is 0 Å². The number of fused-ring (bicyclic) bond motifs is 1. The van der Waals surface area contributed by atoms with Crippen molar-refractivity contribution in [2.45, 2.75) is 94.2 Å². The lowest BCUT2D eigenvalue weighted by Gasteiger charge is -2.48. The maximum Gasteiger partial charge on any atom is 0.442 e. The van der Waals surface area contributed by atoms with Crippen molar-refractivity contribution in [1.82, 2.24) is 0 Å². The molecule has 2 aliphatic carbocycles.